The largest absolute Gasteiger partial charge is 0.459 e. The third-order valence-corrected chi connectivity index (χ3v) is 10.3. The van der Waals surface area contributed by atoms with Crippen molar-refractivity contribution in [1.29, 1.82) is 0 Å². The van der Waals surface area contributed by atoms with Gasteiger partial charge in [0.1, 0.15) is 11.9 Å². The van der Waals surface area contributed by atoms with Crippen molar-refractivity contribution in [3.05, 3.63) is 33.4 Å². The Morgan fingerprint density at radius 2 is 1.90 bits per heavy atom. The molecular weight excluding hydrogens is 487 g/mol. The number of esters is 1. The van der Waals surface area contributed by atoms with E-state index in [2.05, 4.69) is 36.4 Å². The van der Waals surface area contributed by atoms with Crippen LogP contribution in [0, 0.1) is 38.1 Å². The SMILES string of the molecule is C[C@]12CC[C@@H](OC(=O)c3cccc(I)c3)C[C@@H]1CC[C@@H]1[C@@H]2CC[C@]2(C)C(=O)CC[C@@H]12. The summed E-state index contributed by atoms with van der Waals surface area (Å²) in [5, 5.41) is 0. The van der Waals surface area contributed by atoms with Gasteiger partial charge in [-0.15, -0.1) is 0 Å². The topological polar surface area (TPSA) is 43.4 Å². The fraction of sp³-hybridized carbons (Fsp3) is 0.692. The summed E-state index contributed by atoms with van der Waals surface area (Å²) in [5.74, 6) is 3.08. The molecule has 162 valence electrons. The summed E-state index contributed by atoms with van der Waals surface area (Å²) < 4.78 is 7.04. The Morgan fingerprint density at radius 1 is 1.07 bits per heavy atom. The van der Waals surface area contributed by atoms with Crippen molar-refractivity contribution in [3.63, 3.8) is 0 Å². The van der Waals surface area contributed by atoms with Crippen LogP contribution in [0.3, 0.4) is 0 Å². The van der Waals surface area contributed by atoms with Crippen LogP contribution >= 0.6 is 22.6 Å². The predicted octanol–water partition coefficient (Wildman–Crippen LogP) is 6.43. The third kappa shape index (κ3) is 3.27. The van der Waals surface area contributed by atoms with Crippen molar-refractivity contribution in [2.75, 3.05) is 0 Å². The lowest BCUT2D eigenvalue weighted by Crippen LogP contribution is -2.54. The minimum Gasteiger partial charge on any atom is -0.459 e. The maximum absolute atomic E-state index is 12.7. The van der Waals surface area contributed by atoms with Crippen LogP contribution in [0.4, 0.5) is 0 Å². The number of hydrogen-bond acceptors (Lipinski definition) is 3. The number of fused-ring (bicyclic) bond motifs is 5. The molecule has 4 aliphatic rings. The monoisotopic (exact) mass is 520 g/mol. The molecule has 5 rings (SSSR count). The van der Waals surface area contributed by atoms with Gasteiger partial charge in [0.15, 0.2) is 0 Å². The first-order valence-corrected chi connectivity index (χ1v) is 12.9. The summed E-state index contributed by atoms with van der Waals surface area (Å²) in [6, 6.07) is 7.67. The highest BCUT2D eigenvalue weighted by molar-refractivity contribution is 14.1. The van der Waals surface area contributed by atoms with Crippen LogP contribution in [-0.4, -0.2) is 17.9 Å². The van der Waals surface area contributed by atoms with Crippen molar-refractivity contribution < 1.29 is 14.3 Å². The lowest BCUT2D eigenvalue weighted by molar-refractivity contribution is -0.142. The molecule has 0 N–H and O–H groups in total. The van der Waals surface area contributed by atoms with Crippen LogP contribution in [0.2, 0.25) is 0 Å². The van der Waals surface area contributed by atoms with E-state index in [0.29, 0.717) is 28.6 Å². The zero-order chi connectivity index (χ0) is 21.1. The molecule has 0 saturated heterocycles. The molecule has 7 atom stereocenters. The second-order valence-corrected chi connectivity index (χ2v) is 12.1. The smallest absolute Gasteiger partial charge is 0.338 e. The predicted molar refractivity (Wildman–Crippen MR) is 125 cm³/mol. The average Bonchev–Trinajstić information content (AvgIpc) is 3.03. The number of ketones is 1. The van der Waals surface area contributed by atoms with Crippen LogP contribution in [0.25, 0.3) is 0 Å². The van der Waals surface area contributed by atoms with E-state index in [1.807, 2.05) is 24.3 Å². The van der Waals surface area contributed by atoms with E-state index in [4.69, 9.17) is 4.74 Å². The molecule has 1 aromatic carbocycles. The lowest BCUT2D eigenvalue weighted by Gasteiger charge is -2.60. The minimum atomic E-state index is -0.172. The first kappa shape index (κ1) is 21.0. The molecule has 0 heterocycles. The third-order valence-electron chi connectivity index (χ3n) is 9.66. The van der Waals surface area contributed by atoms with E-state index in [1.54, 1.807) is 0 Å². The molecule has 30 heavy (non-hydrogen) atoms. The first-order chi connectivity index (χ1) is 14.3. The molecule has 1 aromatic rings. The maximum atomic E-state index is 12.7. The summed E-state index contributed by atoms with van der Waals surface area (Å²) >= 11 is 2.24. The molecule has 4 aliphatic carbocycles. The molecule has 0 bridgehead atoms. The average molecular weight is 520 g/mol. The van der Waals surface area contributed by atoms with E-state index < -0.39 is 0 Å². The Morgan fingerprint density at radius 3 is 2.70 bits per heavy atom. The quantitative estimate of drug-likeness (QED) is 0.334. The highest BCUT2D eigenvalue weighted by Gasteiger charge is 2.60. The fourth-order valence-corrected chi connectivity index (χ4v) is 8.47. The molecular formula is C26H33IO3. The minimum absolute atomic E-state index is 0.0374. The maximum Gasteiger partial charge on any atom is 0.338 e. The molecule has 0 radical (unpaired) electrons. The number of hydrogen-bond donors (Lipinski definition) is 0. The Balaban J connectivity index is 1.28. The number of Topliss-reactive ketones (excluding diaryl/α,β-unsaturated/α-hetero) is 1. The summed E-state index contributed by atoms with van der Waals surface area (Å²) in [5.41, 5.74) is 0.974. The standard InChI is InChI=1S/C26H33IO3/c1-25-12-10-19(30-24(29)16-4-3-5-18(27)14-16)15-17(25)6-7-20-21-8-9-23(28)26(21,2)13-11-22(20)25/h3-5,14,17,19-22H,6-13,15H2,1-2H3/t17-,19+,20-,21-,22-,25-,26-/m0/s1. The van der Waals surface area contributed by atoms with Crippen molar-refractivity contribution >= 4 is 34.3 Å². The molecule has 0 aliphatic heterocycles. The van der Waals surface area contributed by atoms with Gasteiger partial charge in [-0.25, -0.2) is 4.79 Å². The summed E-state index contributed by atoms with van der Waals surface area (Å²) in [4.78, 5) is 25.3. The number of carbonyl (C=O) groups is 2. The normalized spacial score (nSPS) is 42.8. The van der Waals surface area contributed by atoms with Crippen molar-refractivity contribution in [3.8, 4) is 0 Å². The number of carbonyl (C=O) groups excluding carboxylic acids is 2. The summed E-state index contributed by atoms with van der Waals surface area (Å²) in [6.45, 7) is 4.78. The van der Waals surface area contributed by atoms with Gasteiger partial charge in [0.05, 0.1) is 5.56 Å². The van der Waals surface area contributed by atoms with Gasteiger partial charge >= 0.3 is 5.97 Å². The highest BCUT2D eigenvalue weighted by Crippen LogP contribution is 2.65. The van der Waals surface area contributed by atoms with Crippen LogP contribution in [0.15, 0.2) is 24.3 Å². The van der Waals surface area contributed by atoms with Crippen LogP contribution in [-0.2, 0) is 9.53 Å². The number of ether oxygens (including phenoxy) is 1. The molecule has 4 heteroatoms. The van der Waals surface area contributed by atoms with Crippen molar-refractivity contribution in [2.45, 2.75) is 77.7 Å². The van der Waals surface area contributed by atoms with Gasteiger partial charge in [-0.1, -0.05) is 19.9 Å². The molecule has 0 aromatic heterocycles. The fourth-order valence-electron chi connectivity index (χ4n) is 7.93. The van der Waals surface area contributed by atoms with Gasteiger partial charge in [0, 0.05) is 15.4 Å². The molecule has 4 fully saturated rings. The van der Waals surface area contributed by atoms with E-state index >= 15 is 0 Å². The van der Waals surface area contributed by atoms with Gasteiger partial charge in [-0.05, 0) is 121 Å². The van der Waals surface area contributed by atoms with Crippen molar-refractivity contribution in [2.24, 2.45) is 34.5 Å². The van der Waals surface area contributed by atoms with E-state index in [9.17, 15) is 9.59 Å². The van der Waals surface area contributed by atoms with E-state index in [1.165, 1.54) is 19.3 Å². The lowest BCUT2D eigenvalue weighted by atomic mass is 9.45. The number of rotatable bonds is 2. The summed E-state index contributed by atoms with van der Waals surface area (Å²) in [6.07, 6.45) is 9.91. The van der Waals surface area contributed by atoms with Gasteiger partial charge < -0.3 is 4.74 Å². The molecule has 0 amide bonds. The van der Waals surface area contributed by atoms with E-state index in [0.717, 1.165) is 53.9 Å². The second kappa shape index (κ2) is 7.60. The van der Waals surface area contributed by atoms with Crippen molar-refractivity contribution in [1.82, 2.24) is 0 Å². The Bertz CT molecular complexity index is 866. The van der Waals surface area contributed by atoms with Gasteiger partial charge in [0.25, 0.3) is 0 Å². The van der Waals surface area contributed by atoms with Crippen LogP contribution in [0.5, 0.6) is 0 Å². The van der Waals surface area contributed by atoms with Crippen LogP contribution in [0.1, 0.15) is 82.0 Å². The molecule has 4 saturated carbocycles. The Kier molecular flexibility index (Phi) is 5.31. The Labute approximate surface area is 193 Å². The summed E-state index contributed by atoms with van der Waals surface area (Å²) in [7, 11) is 0. The second-order valence-electron chi connectivity index (χ2n) is 10.9. The van der Waals surface area contributed by atoms with E-state index in [-0.39, 0.29) is 17.5 Å². The van der Waals surface area contributed by atoms with Gasteiger partial charge in [-0.3, -0.25) is 4.79 Å². The van der Waals surface area contributed by atoms with Gasteiger partial charge in [0.2, 0.25) is 0 Å². The zero-order valence-corrected chi connectivity index (χ0v) is 20.3. The zero-order valence-electron chi connectivity index (χ0n) is 18.2. The van der Waals surface area contributed by atoms with Gasteiger partial charge in [-0.2, -0.15) is 0 Å². The van der Waals surface area contributed by atoms with Crippen LogP contribution < -0.4 is 0 Å². The Hall–Kier alpha value is -0.910. The number of halogens is 1. The molecule has 0 unspecified atom stereocenters. The highest BCUT2D eigenvalue weighted by atomic mass is 127. The molecule has 0 spiro atoms. The molecule has 3 nitrogen and oxygen atoms in total. The first-order valence-electron chi connectivity index (χ1n) is 11.8. The number of benzene rings is 1.